The Balaban J connectivity index is 1.39. The molecule has 3 aromatic carbocycles. The van der Waals surface area contributed by atoms with E-state index in [1.807, 2.05) is 60.7 Å². The van der Waals surface area contributed by atoms with Gasteiger partial charge in [0, 0.05) is 43.7 Å². The van der Waals surface area contributed by atoms with Gasteiger partial charge in [0.05, 0.1) is 23.8 Å². The average Bonchev–Trinajstić information content (AvgIpc) is 2.92. The Morgan fingerprint density at radius 1 is 0.800 bits per heavy atom. The number of rotatable bonds is 4. The first-order chi connectivity index (χ1) is 17.1. The average molecular weight is 487 g/mol. The fourth-order valence-corrected chi connectivity index (χ4v) is 6.25. The highest BCUT2D eigenvalue weighted by Gasteiger charge is 2.33. The Labute approximate surface area is 205 Å². The van der Waals surface area contributed by atoms with Crippen molar-refractivity contribution in [3.8, 4) is 11.4 Å². The minimum atomic E-state index is -3.67. The zero-order valence-corrected chi connectivity index (χ0v) is 20.1. The molecule has 0 saturated carbocycles. The van der Waals surface area contributed by atoms with Crippen LogP contribution in [0.1, 0.15) is 11.3 Å². The molecule has 35 heavy (non-hydrogen) atoms. The second-order valence-electron chi connectivity index (χ2n) is 8.86. The molecule has 178 valence electrons. The number of anilines is 1. The molecule has 8 heteroatoms. The summed E-state index contributed by atoms with van der Waals surface area (Å²) in [6, 6.07) is 23.1. The molecule has 7 nitrogen and oxygen atoms in total. The molecule has 0 bridgehead atoms. The Kier molecular flexibility index (Phi) is 5.72. The molecule has 0 atom stereocenters. The van der Waals surface area contributed by atoms with Crippen molar-refractivity contribution in [2.75, 3.05) is 37.7 Å². The third kappa shape index (κ3) is 4.18. The number of fused-ring (bicyclic) bond motifs is 2. The molecule has 0 spiro atoms. The van der Waals surface area contributed by atoms with Crippen molar-refractivity contribution < 1.29 is 13.2 Å². The Bertz CT molecular complexity index is 1490. The van der Waals surface area contributed by atoms with Crippen LogP contribution in [0.2, 0.25) is 0 Å². The van der Waals surface area contributed by atoms with Gasteiger partial charge in [0.25, 0.3) is 0 Å². The maximum Gasteiger partial charge on any atom is 0.243 e. The fourth-order valence-electron chi connectivity index (χ4n) is 4.81. The van der Waals surface area contributed by atoms with Crippen LogP contribution in [0.5, 0.6) is 0 Å². The largest absolute Gasteiger partial charge is 0.378 e. The van der Waals surface area contributed by atoms with Gasteiger partial charge in [-0.1, -0.05) is 60.7 Å². The maximum atomic E-state index is 13.7. The molecular weight excluding hydrogens is 460 g/mol. The minimum Gasteiger partial charge on any atom is -0.378 e. The Morgan fingerprint density at radius 2 is 1.54 bits per heavy atom. The van der Waals surface area contributed by atoms with Gasteiger partial charge in [-0.15, -0.1) is 0 Å². The van der Waals surface area contributed by atoms with Crippen LogP contribution in [0.4, 0.5) is 5.82 Å². The lowest BCUT2D eigenvalue weighted by Crippen LogP contribution is -2.41. The van der Waals surface area contributed by atoms with Crippen LogP contribution in [0.15, 0.2) is 77.7 Å². The van der Waals surface area contributed by atoms with Crippen molar-refractivity contribution in [1.82, 2.24) is 14.3 Å². The van der Waals surface area contributed by atoms with E-state index in [1.165, 1.54) is 0 Å². The van der Waals surface area contributed by atoms with Gasteiger partial charge in [0.15, 0.2) is 5.82 Å². The van der Waals surface area contributed by atoms with Crippen molar-refractivity contribution in [3.63, 3.8) is 0 Å². The molecule has 2 aliphatic rings. The third-order valence-electron chi connectivity index (χ3n) is 6.70. The van der Waals surface area contributed by atoms with Gasteiger partial charge in [-0.25, -0.2) is 18.4 Å². The van der Waals surface area contributed by atoms with Crippen LogP contribution in [0.25, 0.3) is 22.2 Å². The van der Waals surface area contributed by atoms with Gasteiger partial charge in [-0.05, 0) is 22.9 Å². The molecule has 0 N–H and O–H groups in total. The number of ether oxygens (including phenoxy) is 1. The zero-order chi connectivity index (χ0) is 23.8. The minimum absolute atomic E-state index is 0.256. The topological polar surface area (TPSA) is 75.6 Å². The monoisotopic (exact) mass is 486 g/mol. The SMILES string of the molecule is O=S(=O)(c1ccc2ccccc2c1)N1CCc2nc(-c3ccccc3)nc(N3CCOCC3)c2C1. The van der Waals surface area contributed by atoms with Gasteiger partial charge >= 0.3 is 0 Å². The molecule has 0 radical (unpaired) electrons. The van der Waals surface area contributed by atoms with Crippen LogP contribution in [-0.4, -0.2) is 55.5 Å². The number of morpholine rings is 1. The fraction of sp³-hybridized carbons (Fsp3) is 0.259. The normalized spacial score (nSPS) is 16.9. The van der Waals surface area contributed by atoms with Crippen LogP contribution in [-0.2, 0) is 27.7 Å². The van der Waals surface area contributed by atoms with Crippen LogP contribution in [0, 0.1) is 0 Å². The van der Waals surface area contributed by atoms with E-state index >= 15 is 0 Å². The summed E-state index contributed by atoms with van der Waals surface area (Å²) in [6.45, 7) is 3.32. The number of aromatic nitrogens is 2. The van der Waals surface area contributed by atoms with Crippen molar-refractivity contribution in [1.29, 1.82) is 0 Å². The van der Waals surface area contributed by atoms with E-state index in [4.69, 9.17) is 14.7 Å². The summed E-state index contributed by atoms with van der Waals surface area (Å²) in [5.74, 6) is 1.49. The van der Waals surface area contributed by atoms with Crippen molar-refractivity contribution in [3.05, 3.63) is 84.1 Å². The van der Waals surface area contributed by atoms with E-state index < -0.39 is 10.0 Å². The lowest BCUT2D eigenvalue weighted by molar-refractivity contribution is 0.122. The number of hydrogen-bond acceptors (Lipinski definition) is 6. The van der Waals surface area contributed by atoms with Crippen molar-refractivity contribution >= 4 is 26.6 Å². The van der Waals surface area contributed by atoms with Gasteiger partial charge in [0.1, 0.15) is 5.82 Å². The lowest BCUT2D eigenvalue weighted by Gasteiger charge is -2.34. The molecular formula is C27H26N4O3S. The van der Waals surface area contributed by atoms with Crippen LogP contribution < -0.4 is 4.90 Å². The predicted octanol–water partition coefficient (Wildman–Crippen LogP) is 3.88. The summed E-state index contributed by atoms with van der Waals surface area (Å²) in [4.78, 5) is 12.3. The second-order valence-corrected chi connectivity index (χ2v) is 10.8. The number of hydrogen-bond donors (Lipinski definition) is 0. The molecule has 2 aliphatic heterocycles. The third-order valence-corrected chi connectivity index (χ3v) is 8.55. The summed E-state index contributed by atoms with van der Waals surface area (Å²) < 4.78 is 34.5. The molecule has 6 rings (SSSR count). The Hall–Kier alpha value is -3.33. The molecule has 1 saturated heterocycles. The van der Waals surface area contributed by atoms with E-state index in [-0.39, 0.29) is 6.54 Å². The summed E-state index contributed by atoms with van der Waals surface area (Å²) >= 11 is 0. The Morgan fingerprint density at radius 3 is 2.34 bits per heavy atom. The van der Waals surface area contributed by atoms with Gasteiger partial charge in [0.2, 0.25) is 10.0 Å². The van der Waals surface area contributed by atoms with E-state index in [0.29, 0.717) is 36.9 Å². The first-order valence-corrected chi connectivity index (χ1v) is 13.3. The standard InChI is InChI=1S/C27H26N4O3S/c32-35(33,23-11-10-20-6-4-5-9-22(20)18-23)31-13-12-25-24(19-31)27(30-14-16-34-17-15-30)29-26(28-25)21-7-2-1-3-8-21/h1-11,18H,12-17,19H2. The lowest BCUT2D eigenvalue weighted by atomic mass is 10.1. The van der Waals surface area contributed by atoms with Crippen LogP contribution in [0.3, 0.4) is 0 Å². The molecule has 1 aromatic heterocycles. The van der Waals surface area contributed by atoms with E-state index in [0.717, 1.165) is 46.5 Å². The first kappa shape index (κ1) is 22.2. The maximum absolute atomic E-state index is 13.7. The highest BCUT2D eigenvalue weighted by atomic mass is 32.2. The zero-order valence-electron chi connectivity index (χ0n) is 19.3. The summed E-state index contributed by atoms with van der Waals surface area (Å²) in [6.07, 6.45) is 0.543. The smallest absolute Gasteiger partial charge is 0.243 e. The van der Waals surface area contributed by atoms with Crippen molar-refractivity contribution in [2.24, 2.45) is 0 Å². The number of benzene rings is 3. The van der Waals surface area contributed by atoms with Gasteiger partial charge < -0.3 is 9.64 Å². The molecule has 0 amide bonds. The quantitative estimate of drug-likeness (QED) is 0.436. The predicted molar refractivity (Wildman–Crippen MR) is 136 cm³/mol. The second kappa shape index (κ2) is 9.03. The highest BCUT2D eigenvalue weighted by molar-refractivity contribution is 7.89. The number of sulfonamides is 1. The molecule has 4 aromatic rings. The van der Waals surface area contributed by atoms with E-state index in [9.17, 15) is 8.42 Å². The summed E-state index contributed by atoms with van der Waals surface area (Å²) in [5, 5.41) is 1.93. The van der Waals surface area contributed by atoms with Crippen molar-refractivity contribution in [2.45, 2.75) is 17.9 Å². The summed E-state index contributed by atoms with van der Waals surface area (Å²) in [5.41, 5.74) is 2.77. The summed E-state index contributed by atoms with van der Waals surface area (Å²) in [7, 11) is -3.67. The molecule has 0 unspecified atom stereocenters. The van der Waals surface area contributed by atoms with Gasteiger partial charge in [-0.3, -0.25) is 0 Å². The van der Waals surface area contributed by atoms with E-state index in [2.05, 4.69) is 4.90 Å². The molecule has 1 fully saturated rings. The van der Waals surface area contributed by atoms with E-state index in [1.54, 1.807) is 16.4 Å². The van der Waals surface area contributed by atoms with Gasteiger partial charge in [-0.2, -0.15) is 4.31 Å². The highest BCUT2D eigenvalue weighted by Crippen LogP contribution is 2.33. The molecule has 0 aliphatic carbocycles. The number of nitrogens with zero attached hydrogens (tertiary/aromatic N) is 4. The molecule has 3 heterocycles. The first-order valence-electron chi connectivity index (χ1n) is 11.9. The van der Waals surface area contributed by atoms with Crippen LogP contribution >= 0.6 is 0 Å².